The third-order valence-corrected chi connectivity index (χ3v) is 2.70. The zero-order chi connectivity index (χ0) is 13.5. The van der Waals surface area contributed by atoms with Gasteiger partial charge in [0.15, 0.2) is 0 Å². The van der Waals surface area contributed by atoms with E-state index in [0.29, 0.717) is 18.7 Å². The van der Waals surface area contributed by atoms with E-state index in [1.807, 2.05) is 6.92 Å². The van der Waals surface area contributed by atoms with Crippen molar-refractivity contribution in [3.8, 4) is 0 Å². The van der Waals surface area contributed by atoms with Gasteiger partial charge in [-0.3, -0.25) is 4.79 Å². The van der Waals surface area contributed by atoms with Crippen molar-refractivity contribution >= 4 is 12.0 Å². The average molecular weight is 254 g/mol. The fourth-order valence-corrected chi connectivity index (χ4v) is 1.46. The molecule has 0 bridgehead atoms. The van der Waals surface area contributed by atoms with E-state index in [9.17, 15) is 9.59 Å². The summed E-state index contributed by atoms with van der Waals surface area (Å²) in [6.45, 7) is 2.20. The van der Waals surface area contributed by atoms with E-state index >= 15 is 0 Å². The van der Waals surface area contributed by atoms with Crippen LogP contribution in [0.2, 0.25) is 0 Å². The topological polar surface area (TPSA) is 82.8 Å². The molecule has 0 aliphatic heterocycles. The van der Waals surface area contributed by atoms with Crippen molar-refractivity contribution in [2.45, 2.75) is 25.8 Å². The summed E-state index contributed by atoms with van der Waals surface area (Å²) < 4.78 is 5.22. The molecule has 0 fully saturated rings. The highest BCUT2D eigenvalue weighted by molar-refractivity contribution is 5.74. The number of rotatable bonds is 6. The molecule has 0 radical (unpaired) electrons. The van der Waals surface area contributed by atoms with E-state index in [0.717, 1.165) is 0 Å². The third-order valence-electron chi connectivity index (χ3n) is 2.70. The van der Waals surface area contributed by atoms with Crippen LogP contribution in [-0.4, -0.2) is 35.6 Å². The SMILES string of the molecule is CC(c1ccco1)N(C)C(=O)NCCCC(=O)O. The van der Waals surface area contributed by atoms with Gasteiger partial charge < -0.3 is 19.7 Å². The first-order chi connectivity index (χ1) is 8.52. The van der Waals surface area contributed by atoms with Crippen molar-refractivity contribution in [3.63, 3.8) is 0 Å². The summed E-state index contributed by atoms with van der Waals surface area (Å²) >= 11 is 0. The zero-order valence-corrected chi connectivity index (χ0v) is 10.5. The Labute approximate surface area is 106 Å². The monoisotopic (exact) mass is 254 g/mol. The highest BCUT2D eigenvalue weighted by Gasteiger charge is 2.18. The highest BCUT2D eigenvalue weighted by Crippen LogP contribution is 2.18. The van der Waals surface area contributed by atoms with Crippen molar-refractivity contribution in [1.29, 1.82) is 0 Å². The number of furan rings is 1. The van der Waals surface area contributed by atoms with Crippen molar-refractivity contribution in [2.75, 3.05) is 13.6 Å². The number of urea groups is 1. The second kappa shape index (κ2) is 6.68. The maximum atomic E-state index is 11.8. The number of carbonyl (C=O) groups is 2. The summed E-state index contributed by atoms with van der Waals surface area (Å²) in [5.41, 5.74) is 0. The summed E-state index contributed by atoms with van der Waals surface area (Å²) in [4.78, 5) is 23.6. The lowest BCUT2D eigenvalue weighted by molar-refractivity contribution is -0.137. The van der Waals surface area contributed by atoms with Crippen LogP contribution in [0.5, 0.6) is 0 Å². The fraction of sp³-hybridized carbons (Fsp3) is 0.500. The van der Waals surface area contributed by atoms with Gasteiger partial charge >= 0.3 is 12.0 Å². The molecule has 6 nitrogen and oxygen atoms in total. The fourth-order valence-electron chi connectivity index (χ4n) is 1.46. The maximum absolute atomic E-state index is 11.8. The largest absolute Gasteiger partial charge is 0.481 e. The van der Waals surface area contributed by atoms with Gasteiger partial charge in [0.2, 0.25) is 0 Å². The molecule has 6 heteroatoms. The van der Waals surface area contributed by atoms with Crippen LogP contribution in [0.15, 0.2) is 22.8 Å². The van der Waals surface area contributed by atoms with Gasteiger partial charge in [-0.15, -0.1) is 0 Å². The predicted molar refractivity (Wildman–Crippen MR) is 65.2 cm³/mol. The smallest absolute Gasteiger partial charge is 0.317 e. The minimum absolute atomic E-state index is 0.0533. The van der Waals surface area contributed by atoms with Gasteiger partial charge in [0.1, 0.15) is 5.76 Å². The average Bonchev–Trinajstić information content (AvgIpc) is 2.86. The Kier molecular flexibility index (Phi) is 5.23. The lowest BCUT2D eigenvalue weighted by atomic mass is 10.2. The molecule has 0 spiro atoms. The molecule has 2 N–H and O–H groups in total. The molecule has 0 aromatic carbocycles. The van der Waals surface area contributed by atoms with E-state index in [4.69, 9.17) is 9.52 Å². The highest BCUT2D eigenvalue weighted by atomic mass is 16.4. The quantitative estimate of drug-likeness (QED) is 0.759. The molecule has 1 unspecified atom stereocenters. The van der Waals surface area contributed by atoms with Crippen molar-refractivity contribution in [1.82, 2.24) is 10.2 Å². The van der Waals surface area contributed by atoms with Crippen LogP contribution in [0.3, 0.4) is 0 Å². The molecule has 0 aliphatic rings. The van der Waals surface area contributed by atoms with Gasteiger partial charge in [0.05, 0.1) is 12.3 Å². The molecule has 2 amide bonds. The van der Waals surface area contributed by atoms with Crippen LogP contribution in [0, 0.1) is 0 Å². The van der Waals surface area contributed by atoms with Gasteiger partial charge in [-0.1, -0.05) is 0 Å². The Hall–Kier alpha value is -1.98. The van der Waals surface area contributed by atoms with Gasteiger partial charge in [-0.25, -0.2) is 4.79 Å². The van der Waals surface area contributed by atoms with Gasteiger partial charge in [-0.05, 0) is 25.5 Å². The molecule has 1 aromatic rings. The number of amides is 2. The molecule has 1 heterocycles. The third kappa shape index (κ3) is 4.12. The molecule has 1 atom stereocenters. The Bertz CT molecular complexity index is 389. The van der Waals surface area contributed by atoms with Crippen molar-refractivity contribution < 1.29 is 19.1 Å². The van der Waals surface area contributed by atoms with Gasteiger partial charge in [0.25, 0.3) is 0 Å². The van der Waals surface area contributed by atoms with E-state index in [1.165, 1.54) is 4.90 Å². The predicted octanol–water partition coefficient (Wildman–Crippen LogP) is 1.85. The number of nitrogens with zero attached hydrogens (tertiary/aromatic N) is 1. The molecule has 100 valence electrons. The summed E-state index contributed by atoms with van der Waals surface area (Å²) in [7, 11) is 1.67. The zero-order valence-electron chi connectivity index (χ0n) is 10.5. The molecule has 0 saturated heterocycles. The molecule has 0 aliphatic carbocycles. The Morgan fingerprint density at radius 3 is 2.83 bits per heavy atom. The lowest BCUT2D eigenvalue weighted by Gasteiger charge is -2.23. The number of carbonyl (C=O) groups excluding carboxylic acids is 1. The van der Waals surface area contributed by atoms with Crippen molar-refractivity contribution in [3.05, 3.63) is 24.2 Å². The molecular weight excluding hydrogens is 236 g/mol. The van der Waals surface area contributed by atoms with E-state index in [1.54, 1.807) is 25.4 Å². The summed E-state index contributed by atoms with van der Waals surface area (Å²) in [5.74, 6) is -0.153. The van der Waals surface area contributed by atoms with Crippen LogP contribution < -0.4 is 5.32 Å². The Morgan fingerprint density at radius 1 is 1.56 bits per heavy atom. The Morgan fingerprint density at radius 2 is 2.28 bits per heavy atom. The first-order valence-corrected chi connectivity index (χ1v) is 5.78. The molecule has 0 saturated carbocycles. The summed E-state index contributed by atoms with van der Waals surface area (Å²) in [6, 6.07) is 3.16. The van der Waals surface area contributed by atoms with Crippen LogP contribution in [-0.2, 0) is 4.79 Å². The van der Waals surface area contributed by atoms with Crippen LogP contribution >= 0.6 is 0 Å². The molecule has 18 heavy (non-hydrogen) atoms. The molecular formula is C12H18N2O4. The second-order valence-corrected chi connectivity index (χ2v) is 4.03. The second-order valence-electron chi connectivity index (χ2n) is 4.03. The maximum Gasteiger partial charge on any atom is 0.317 e. The first-order valence-electron chi connectivity index (χ1n) is 5.78. The normalized spacial score (nSPS) is 11.9. The van der Waals surface area contributed by atoms with Gasteiger partial charge in [0, 0.05) is 20.0 Å². The Balaban J connectivity index is 2.35. The van der Waals surface area contributed by atoms with Gasteiger partial charge in [-0.2, -0.15) is 0 Å². The van der Waals surface area contributed by atoms with Crippen LogP contribution in [0.4, 0.5) is 4.79 Å². The minimum Gasteiger partial charge on any atom is -0.481 e. The number of carboxylic acid groups (broad SMARTS) is 1. The molecule has 1 aromatic heterocycles. The van der Waals surface area contributed by atoms with Crippen LogP contribution in [0.1, 0.15) is 31.6 Å². The number of carboxylic acids is 1. The van der Waals surface area contributed by atoms with E-state index in [-0.39, 0.29) is 18.5 Å². The first kappa shape index (κ1) is 14.1. The number of hydrogen-bond acceptors (Lipinski definition) is 3. The standard InChI is InChI=1S/C12H18N2O4/c1-9(10-5-4-8-18-10)14(2)12(17)13-7-3-6-11(15)16/h4-5,8-9H,3,6-7H2,1-2H3,(H,13,17)(H,15,16). The van der Waals surface area contributed by atoms with E-state index in [2.05, 4.69) is 5.32 Å². The number of nitrogens with one attached hydrogen (secondary N) is 1. The number of aliphatic carboxylic acids is 1. The summed E-state index contributed by atoms with van der Waals surface area (Å²) in [6.07, 6.45) is 2.03. The van der Waals surface area contributed by atoms with Crippen molar-refractivity contribution in [2.24, 2.45) is 0 Å². The van der Waals surface area contributed by atoms with E-state index < -0.39 is 5.97 Å². The molecule has 1 rings (SSSR count). The summed E-state index contributed by atoms with van der Waals surface area (Å²) in [5, 5.41) is 11.1. The number of hydrogen-bond donors (Lipinski definition) is 2. The van der Waals surface area contributed by atoms with Crippen LogP contribution in [0.25, 0.3) is 0 Å². The lowest BCUT2D eigenvalue weighted by Crippen LogP contribution is -2.39. The minimum atomic E-state index is -0.860.